The van der Waals surface area contributed by atoms with Crippen LogP contribution in [0.15, 0.2) is 71.6 Å². The van der Waals surface area contributed by atoms with E-state index in [1.165, 1.54) is 12.1 Å². The van der Waals surface area contributed by atoms with Gasteiger partial charge in [-0.3, -0.25) is 4.55 Å². The number of hydrogen-bond donors (Lipinski definition) is 3. The molecular weight excluding hydrogens is 575 g/mol. The molecule has 188 valence electrons. The molecule has 6 rings (SSSR count). The van der Waals surface area contributed by atoms with Gasteiger partial charge in [0.15, 0.2) is 0 Å². The van der Waals surface area contributed by atoms with E-state index >= 15 is 0 Å². The smallest absolute Gasteiger partial charge is 1.00 e. The molecule has 37 heavy (non-hydrogen) atoms. The van der Waals surface area contributed by atoms with Crippen molar-refractivity contribution in [1.82, 2.24) is 19.9 Å². The third-order valence-corrected chi connectivity index (χ3v) is 6.50. The van der Waals surface area contributed by atoms with Crippen molar-refractivity contribution in [2.45, 2.75) is 4.90 Å². The average Bonchev–Trinajstić information content (AvgIpc) is 3.58. The maximum Gasteiger partial charge on any atom is 2.00 e. The van der Waals surface area contributed by atoms with E-state index in [1.807, 2.05) is 66.8 Å². The third kappa shape index (κ3) is 6.05. The van der Waals surface area contributed by atoms with Gasteiger partial charge in [0.25, 0.3) is 10.1 Å². The van der Waals surface area contributed by atoms with Gasteiger partial charge in [-0.25, -0.2) is 9.97 Å². The van der Waals surface area contributed by atoms with Crippen molar-refractivity contribution in [2.75, 3.05) is 0 Å². The van der Waals surface area contributed by atoms with E-state index in [0.29, 0.717) is 0 Å². The second-order valence-electron chi connectivity index (χ2n) is 8.09. The van der Waals surface area contributed by atoms with Crippen LogP contribution in [0.1, 0.15) is 22.8 Å². The van der Waals surface area contributed by atoms with Gasteiger partial charge in [-0.05, 0) is 84.5 Å². The molecule has 0 fully saturated rings. The largest absolute Gasteiger partial charge is 2.00 e. The molecule has 2 aliphatic rings. The summed E-state index contributed by atoms with van der Waals surface area (Å²) in [5.74, 6) is 0. The van der Waals surface area contributed by atoms with Crippen LogP contribution < -0.4 is 24.8 Å². The normalized spacial score (nSPS) is 11.8. The van der Waals surface area contributed by atoms with Crippen LogP contribution in [0.4, 0.5) is 0 Å². The summed E-state index contributed by atoms with van der Waals surface area (Å²) in [5.41, 5.74) is 8.52. The van der Waals surface area contributed by atoms with Crippen LogP contribution in [-0.2, 0) is 27.2 Å². The predicted octanol–water partition coefficient (Wildman–Crippen LogP) is -0.425. The van der Waals surface area contributed by atoms with E-state index in [2.05, 4.69) is 15.0 Å². The third-order valence-electron chi connectivity index (χ3n) is 5.63. The number of benzene rings is 1. The number of aromatic nitrogens is 4. The molecule has 0 unspecified atom stereocenters. The van der Waals surface area contributed by atoms with Gasteiger partial charge in [0.2, 0.25) is 0 Å². The van der Waals surface area contributed by atoms with Crippen molar-refractivity contribution < 1.29 is 54.9 Å². The molecule has 0 amide bonds. The van der Waals surface area contributed by atoms with Gasteiger partial charge >= 0.3 is 17.1 Å². The number of fused-ring (bicyclic) bond motifs is 8. The van der Waals surface area contributed by atoms with Crippen molar-refractivity contribution >= 4 is 56.5 Å². The number of nitrogens with one attached hydrogen (secondary N) is 2. The van der Waals surface area contributed by atoms with Crippen LogP contribution in [-0.4, -0.2) is 32.9 Å². The van der Waals surface area contributed by atoms with Gasteiger partial charge in [-0.2, -0.15) is 8.42 Å². The van der Waals surface area contributed by atoms with Crippen molar-refractivity contribution in [1.29, 1.82) is 0 Å². The standard InChI is InChI=1S/C26H18N4O3S.2ClH.Fe/c31-34(32,33)24-9-1-16(2-10-24)25-14-23-13-21-6-5-19(28-21)11-17-3-4-18(27-17)12-20-7-8-22(29-20)15-26(25)30-23;;;/h1-15,27,30H,(H,31,32,33);2*1H;/q;;;+2/p-2. The molecule has 3 N–H and O–H groups in total. The fraction of sp³-hybridized carbons (Fsp3) is 0. The number of halogens is 2. The molecule has 0 atom stereocenters. The van der Waals surface area contributed by atoms with Gasteiger partial charge in [0, 0.05) is 27.6 Å². The number of H-pyrrole nitrogens is 2. The number of aromatic amines is 2. The van der Waals surface area contributed by atoms with Crippen LogP contribution in [0.5, 0.6) is 0 Å². The monoisotopic (exact) mass is 592 g/mol. The zero-order valence-electron chi connectivity index (χ0n) is 18.8. The predicted molar refractivity (Wildman–Crippen MR) is 134 cm³/mol. The molecule has 0 saturated heterocycles. The average molecular weight is 593 g/mol. The maximum atomic E-state index is 11.4. The zero-order valence-corrected chi connectivity index (χ0v) is 22.3. The quantitative estimate of drug-likeness (QED) is 0.187. The van der Waals surface area contributed by atoms with Crippen LogP contribution in [0.2, 0.25) is 0 Å². The van der Waals surface area contributed by atoms with Crippen molar-refractivity contribution in [3.8, 4) is 11.1 Å². The van der Waals surface area contributed by atoms with Crippen molar-refractivity contribution in [2.24, 2.45) is 0 Å². The second-order valence-corrected chi connectivity index (χ2v) is 9.51. The fourth-order valence-corrected chi connectivity index (χ4v) is 4.54. The van der Waals surface area contributed by atoms with Crippen LogP contribution in [0, 0.1) is 0 Å². The molecule has 11 heteroatoms. The van der Waals surface area contributed by atoms with Gasteiger partial charge in [0.1, 0.15) is 0 Å². The molecule has 4 aromatic rings. The Labute approximate surface area is 235 Å². The molecule has 5 heterocycles. The summed E-state index contributed by atoms with van der Waals surface area (Å²) in [5, 5.41) is 0. The summed E-state index contributed by atoms with van der Waals surface area (Å²) in [7, 11) is -4.26. The molecule has 0 aliphatic carbocycles. The summed E-state index contributed by atoms with van der Waals surface area (Å²) < 4.78 is 32.2. The van der Waals surface area contributed by atoms with E-state index in [0.717, 1.165) is 56.0 Å². The summed E-state index contributed by atoms with van der Waals surface area (Å²) >= 11 is 0. The minimum Gasteiger partial charge on any atom is -1.00 e. The van der Waals surface area contributed by atoms with Gasteiger partial charge in [-0.15, -0.1) is 0 Å². The molecule has 0 saturated carbocycles. The molecular formula is C26H18Cl2FeN4O3S. The number of nitrogens with zero attached hydrogens (tertiary/aromatic N) is 2. The Morgan fingerprint density at radius 3 is 1.62 bits per heavy atom. The number of rotatable bonds is 2. The van der Waals surface area contributed by atoms with Crippen LogP contribution >= 0.6 is 0 Å². The van der Waals surface area contributed by atoms with E-state index in [1.54, 1.807) is 12.1 Å². The first kappa shape index (κ1) is 28.4. The Morgan fingerprint density at radius 2 is 1.11 bits per heavy atom. The first-order valence-electron chi connectivity index (χ1n) is 10.6. The Hall–Kier alpha value is -3.17. The minimum atomic E-state index is -4.26. The van der Waals surface area contributed by atoms with Gasteiger partial charge in [-0.1, -0.05) is 12.1 Å². The first-order chi connectivity index (χ1) is 16.4. The van der Waals surface area contributed by atoms with E-state index in [4.69, 9.17) is 4.98 Å². The van der Waals surface area contributed by atoms with E-state index < -0.39 is 10.1 Å². The molecule has 2 aliphatic heterocycles. The summed E-state index contributed by atoms with van der Waals surface area (Å²) in [4.78, 5) is 16.0. The topological polar surface area (TPSA) is 112 Å². The SMILES string of the molecule is O=S(=O)(O)c1ccc(-c2cc3cc4nc(cc5ccc(cc6nc(cc2[nH]3)C=C6)[nH]5)C=C4)cc1.[Cl-].[Cl-].[Fe+2]. The first-order valence-corrected chi connectivity index (χ1v) is 12.0. The molecule has 7 nitrogen and oxygen atoms in total. The fourth-order valence-electron chi connectivity index (χ4n) is 4.06. The molecule has 3 aromatic heterocycles. The van der Waals surface area contributed by atoms with E-state index in [-0.39, 0.29) is 46.8 Å². The van der Waals surface area contributed by atoms with Crippen LogP contribution in [0.3, 0.4) is 0 Å². The molecule has 8 bridgehead atoms. The zero-order chi connectivity index (χ0) is 23.3. The Morgan fingerprint density at radius 1 is 0.622 bits per heavy atom. The van der Waals surface area contributed by atoms with E-state index in [9.17, 15) is 13.0 Å². The maximum absolute atomic E-state index is 11.4. The molecule has 0 spiro atoms. The summed E-state index contributed by atoms with van der Waals surface area (Å²) in [6, 6.07) is 20.0. The minimum absolute atomic E-state index is 0. The van der Waals surface area contributed by atoms with Gasteiger partial charge < -0.3 is 34.8 Å². The molecule has 0 radical (unpaired) electrons. The van der Waals surface area contributed by atoms with Crippen molar-refractivity contribution in [3.63, 3.8) is 0 Å². The van der Waals surface area contributed by atoms with Gasteiger partial charge in [0.05, 0.1) is 27.7 Å². The summed E-state index contributed by atoms with van der Waals surface area (Å²) in [6.45, 7) is 0. The Kier molecular flexibility index (Phi) is 8.49. The Balaban J connectivity index is 0.00000127. The van der Waals surface area contributed by atoms with Crippen LogP contribution in [0.25, 0.3) is 57.5 Å². The molecule has 1 aromatic carbocycles. The number of hydrogen-bond acceptors (Lipinski definition) is 4. The summed E-state index contributed by atoms with van der Waals surface area (Å²) in [6.07, 6.45) is 7.81. The van der Waals surface area contributed by atoms with Crippen molar-refractivity contribution in [3.05, 3.63) is 89.5 Å². The second kappa shape index (κ2) is 11.1. The Bertz CT molecular complexity index is 1790.